The number of para-hydroxylation sites is 1. The maximum Gasteiger partial charge on any atom is 0.0459 e. The van der Waals surface area contributed by atoms with Gasteiger partial charge in [-0.15, -0.1) is 0 Å². The molecule has 0 amide bonds. The first-order chi connectivity index (χ1) is 10.3. The van der Waals surface area contributed by atoms with Crippen LogP contribution in [0, 0.1) is 0 Å². The summed E-state index contributed by atoms with van der Waals surface area (Å²) in [5, 5.41) is 0.819. The van der Waals surface area contributed by atoms with Crippen LogP contribution in [-0.2, 0) is 12.8 Å². The maximum atomic E-state index is 6.41. The van der Waals surface area contributed by atoms with E-state index in [1.165, 1.54) is 35.3 Å². The smallest absolute Gasteiger partial charge is 0.0459 e. The molecule has 0 fully saturated rings. The highest BCUT2D eigenvalue weighted by molar-refractivity contribution is 6.31. The van der Waals surface area contributed by atoms with Crippen molar-refractivity contribution in [3.8, 4) is 0 Å². The van der Waals surface area contributed by atoms with Crippen LogP contribution < -0.4 is 10.6 Å². The summed E-state index contributed by atoms with van der Waals surface area (Å²) >= 11 is 6.41. The molecule has 0 aromatic heterocycles. The van der Waals surface area contributed by atoms with Crippen LogP contribution in [0.2, 0.25) is 5.02 Å². The van der Waals surface area contributed by atoms with Gasteiger partial charge in [0.15, 0.2) is 0 Å². The zero-order chi connectivity index (χ0) is 14.7. The van der Waals surface area contributed by atoms with E-state index in [1.54, 1.807) is 0 Å². The van der Waals surface area contributed by atoms with Crippen LogP contribution in [0.15, 0.2) is 42.5 Å². The number of hydrogen-bond donors (Lipinski definition) is 1. The Labute approximate surface area is 131 Å². The van der Waals surface area contributed by atoms with Gasteiger partial charge >= 0.3 is 0 Å². The van der Waals surface area contributed by atoms with Gasteiger partial charge < -0.3 is 10.6 Å². The molecule has 1 aliphatic rings. The molecular formula is C18H21ClN2. The topological polar surface area (TPSA) is 29.3 Å². The molecule has 2 nitrogen and oxygen atoms in total. The lowest BCUT2D eigenvalue weighted by Crippen LogP contribution is -2.20. The van der Waals surface area contributed by atoms with E-state index in [9.17, 15) is 0 Å². The standard InChI is InChI=1S/C18H21ClN2/c19-16-8-5-10-18(15(16)11-12-20)21-13-4-3-7-14-6-1-2-9-17(14)21/h1-2,5-6,8-10H,3-4,7,11-13,20H2. The fraction of sp³-hybridized carbons (Fsp3) is 0.333. The van der Waals surface area contributed by atoms with Gasteiger partial charge in [0.05, 0.1) is 0 Å². The summed E-state index contributed by atoms with van der Waals surface area (Å²) in [6.07, 6.45) is 4.40. The SMILES string of the molecule is NCCc1c(Cl)cccc1N1CCCCc2ccccc21. The molecule has 2 N–H and O–H groups in total. The summed E-state index contributed by atoms with van der Waals surface area (Å²) in [5.41, 5.74) is 10.9. The molecular weight excluding hydrogens is 280 g/mol. The quantitative estimate of drug-likeness (QED) is 0.915. The van der Waals surface area contributed by atoms with Crippen molar-refractivity contribution in [1.29, 1.82) is 0 Å². The highest BCUT2D eigenvalue weighted by atomic mass is 35.5. The van der Waals surface area contributed by atoms with Crippen molar-refractivity contribution >= 4 is 23.0 Å². The largest absolute Gasteiger partial charge is 0.341 e. The van der Waals surface area contributed by atoms with E-state index >= 15 is 0 Å². The zero-order valence-electron chi connectivity index (χ0n) is 12.2. The Balaban J connectivity index is 2.10. The highest BCUT2D eigenvalue weighted by Crippen LogP contribution is 2.36. The van der Waals surface area contributed by atoms with Crippen molar-refractivity contribution in [3.05, 3.63) is 58.6 Å². The predicted octanol–water partition coefficient (Wildman–Crippen LogP) is 4.32. The van der Waals surface area contributed by atoms with Gasteiger partial charge in [0.25, 0.3) is 0 Å². The van der Waals surface area contributed by atoms with E-state index in [-0.39, 0.29) is 0 Å². The number of aryl methyl sites for hydroxylation is 1. The minimum atomic E-state index is 0.617. The first-order valence-corrected chi connectivity index (χ1v) is 8.02. The Morgan fingerprint density at radius 1 is 1.00 bits per heavy atom. The van der Waals surface area contributed by atoms with E-state index in [1.807, 2.05) is 12.1 Å². The van der Waals surface area contributed by atoms with Gasteiger partial charge in [-0.1, -0.05) is 35.9 Å². The fourth-order valence-corrected chi connectivity index (χ4v) is 3.40. The van der Waals surface area contributed by atoms with E-state index in [0.717, 1.165) is 24.4 Å². The lowest BCUT2D eigenvalue weighted by molar-refractivity contribution is 0.759. The normalized spacial score (nSPS) is 14.7. The second-order valence-corrected chi connectivity index (χ2v) is 5.92. The number of benzene rings is 2. The Bertz CT molecular complexity index is 624. The molecule has 0 aliphatic carbocycles. The van der Waals surface area contributed by atoms with Crippen molar-refractivity contribution < 1.29 is 0 Å². The van der Waals surface area contributed by atoms with Crippen molar-refractivity contribution in [2.45, 2.75) is 25.7 Å². The molecule has 3 rings (SSSR count). The third-order valence-electron chi connectivity index (χ3n) is 4.14. The average Bonchev–Trinajstić information content (AvgIpc) is 2.72. The molecule has 0 saturated carbocycles. The summed E-state index contributed by atoms with van der Waals surface area (Å²) in [7, 11) is 0. The first-order valence-electron chi connectivity index (χ1n) is 7.64. The predicted molar refractivity (Wildman–Crippen MR) is 90.6 cm³/mol. The maximum absolute atomic E-state index is 6.41. The molecule has 1 aliphatic heterocycles. The average molecular weight is 301 g/mol. The Kier molecular flexibility index (Phi) is 4.47. The van der Waals surface area contributed by atoms with E-state index in [2.05, 4.69) is 35.2 Å². The first kappa shape index (κ1) is 14.4. The Morgan fingerprint density at radius 3 is 2.67 bits per heavy atom. The molecule has 2 aromatic rings. The lowest BCUT2D eigenvalue weighted by atomic mass is 10.1. The van der Waals surface area contributed by atoms with Crippen LogP contribution in [0.3, 0.4) is 0 Å². The second-order valence-electron chi connectivity index (χ2n) is 5.51. The molecule has 0 radical (unpaired) electrons. The number of rotatable bonds is 3. The Hall–Kier alpha value is -1.51. The monoisotopic (exact) mass is 300 g/mol. The number of fused-ring (bicyclic) bond motifs is 1. The minimum Gasteiger partial charge on any atom is -0.341 e. The van der Waals surface area contributed by atoms with Crippen LogP contribution in [0.25, 0.3) is 0 Å². The third-order valence-corrected chi connectivity index (χ3v) is 4.49. The molecule has 0 saturated heterocycles. The summed E-state index contributed by atoms with van der Waals surface area (Å²) in [6.45, 7) is 1.65. The summed E-state index contributed by atoms with van der Waals surface area (Å²) < 4.78 is 0. The molecule has 0 atom stereocenters. The Morgan fingerprint density at radius 2 is 1.81 bits per heavy atom. The second kappa shape index (κ2) is 6.50. The van der Waals surface area contributed by atoms with Crippen molar-refractivity contribution in [2.24, 2.45) is 5.73 Å². The van der Waals surface area contributed by atoms with Gasteiger partial charge in [-0.3, -0.25) is 0 Å². The van der Waals surface area contributed by atoms with Crippen molar-refractivity contribution in [2.75, 3.05) is 18.0 Å². The van der Waals surface area contributed by atoms with Gasteiger partial charge in [-0.25, -0.2) is 0 Å². The molecule has 0 unspecified atom stereocenters. The molecule has 2 aromatic carbocycles. The van der Waals surface area contributed by atoms with Gasteiger partial charge in [-0.2, -0.15) is 0 Å². The summed E-state index contributed by atoms with van der Waals surface area (Å²) in [5.74, 6) is 0. The van der Waals surface area contributed by atoms with E-state index in [4.69, 9.17) is 17.3 Å². The van der Waals surface area contributed by atoms with Crippen LogP contribution in [0.1, 0.15) is 24.0 Å². The lowest BCUT2D eigenvalue weighted by Gasteiger charge is -2.28. The van der Waals surface area contributed by atoms with E-state index in [0.29, 0.717) is 6.54 Å². The zero-order valence-corrected chi connectivity index (χ0v) is 12.9. The molecule has 0 bridgehead atoms. The summed E-state index contributed by atoms with van der Waals surface area (Å²) in [4.78, 5) is 2.42. The summed E-state index contributed by atoms with van der Waals surface area (Å²) in [6, 6.07) is 14.9. The van der Waals surface area contributed by atoms with Crippen LogP contribution in [0.4, 0.5) is 11.4 Å². The van der Waals surface area contributed by atoms with Crippen molar-refractivity contribution in [3.63, 3.8) is 0 Å². The van der Waals surface area contributed by atoms with Crippen LogP contribution in [0.5, 0.6) is 0 Å². The number of nitrogens with zero attached hydrogens (tertiary/aromatic N) is 1. The molecule has 21 heavy (non-hydrogen) atoms. The van der Waals surface area contributed by atoms with Crippen LogP contribution in [-0.4, -0.2) is 13.1 Å². The van der Waals surface area contributed by atoms with Gasteiger partial charge in [0.1, 0.15) is 0 Å². The van der Waals surface area contributed by atoms with Gasteiger partial charge in [-0.05, 0) is 61.6 Å². The van der Waals surface area contributed by atoms with Crippen LogP contribution >= 0.6 is 11.6 Å². The van der Waals surface area contributed by atoms with Gasteiger partial charge in [0.2, 0.25) is 0 Å². The third kappa shape index (κ3) is 2.92. The number of anilines is 2. The molecule has 3 heteroatoms. The molecule has 1 heterocycles. The number of nitrogens with two attached hydrogens (primary N) is 1. The van der Waals surface area contributed by atoms with E-state index < -0.39 is 0 Å². The molecule has 110 valence electrons. The minimum absolute atomic E-state index is 0.617. The fourth-order valence-electron chi connectivity index (χ4n) is 3.13. The van der Waals surface area contributed by atoms with Crippen molar-refractivity contribution in [1.82, 2.24) is 0 Å². The number of hydrogen-bond acceptors (Lipinski definition) is 2. The number of halogens is 1. The molecule has 0 spiro atoms. The van der Waals surface area contributed by atoms with Gasteiger partial charge in [0, 0.05) is 22.9 Å². The highest BCUT2D eigenvalue weighted by Gasteiger charge is 2.19.